The average Bonchev–Trinajstić information content (AvgIpc) is 3.27. The van der Waals surface area contributed by atoms with Crippen LogP contribution in [0.15, 0.2) is 85.5 Å². The number of aryl methyl sites for hydroxylation is 1. The largest absolute Gasteiger partial charge is 0.457 e. The molecule has 1 aliphatic heterocycles. The minimum absolute atomic E-state index is 0.0616. The normalized spacial score (nSPS) is 14.1. The summed E-state index contributed by atoms with van der Waals surface area (Å²) in [5.74, 6) is 3.40. The van der Waals surface area contributed by atoms with Gasteiger partial charge in [0.1, 0.15) is 11.5 Å². The fourth-order valence-electron chi connectivity index (χ4n) is 4.39. The first kappa shape index (κ1) is 21.0. The van der Waals surface area contributed by atoms with Gasteiger partial charge in [0.15, 0.2) is 11.5 Å². The van der Waals surface area contributed by atoms with Crippen LogP contribution in [0.3, 0.4) is 0 Å². The van der Waals surface area contributed by atoms with E-state index in [2.05, 4.69) is 49.9 Å². The Bertz CT molecular complexity index is 1010. The molecule has 0 aliphatic carbocycles. The lowest BCUT2D eigenvalue weighted by atomic mass is 9.73. The fourth-order valence-corrected chi connectivity index (χ4v) is 4.39. The highest BCUT2D eigenvalue weighted by atomic mass is 16.7. The summed E-state index contributed by atoms with van der Waals surface area (Å²) in [5.41, 5.74) is 2.48. The predicted molar refractivity (Wildman–Crippen MR) is 125 cm³/mol. The van der Waals surface area contributed by atoms with E-state index in [-0.39, 0.29) is 5.41 Å². The van der Waals surface area contributed by atoms with Crippen LogP contribution in [-0.4, -0.2) is 6.79 Å². The summed E-state index contributed by atoms with van der Waals surface area (Å²) in [7, 11) is 0. The maximum Gasteiger partial charge on any atom is 0.231 e. The maximum absolute atomic E-state index is 6.00. The molecule has 0 saturated heterocycles. The summed E-state index contributed by atoms with van der Waals surface area (Å²) < 4.78 is 17.1. The minimum atomic E-state index is -0.0616. The van der Waals surface area contributed by atoms with Crippen LogP contribution in [0.25, 0.3) is 0 Å². The van der Waals surface area contributed by atoms with E-state index in [1.165, 1.54) is 11.1 Å². The second kappa shape index (κ2) is 9.74. The molecule has 1 heterocycles. The monoisotopic (exact) mass is 414 g/mol. The fraction of sp³-hybridized carbons (Fsp3) is 0.286. The number of rotatable bonds is 10. The number of hydrogen-bond donors (Lipinski definition) is 0. The molecule has 3 aromatic rings. The second-order valence-electron chi connectivity index (χ2n) is 8.09. The molecule has 1 atom stereocenters. The van der Waals surface area contributed by atoms with Crippen LogP contribution < -0.4 is 14.2 Å². The van der Waals surface area contributed by atoms with Crippen molar-refractivity contribution in [1.82, 2.24) is 0 Å². The van der Waals surface area contributed by atoms with Crippen molar-refractivity contribution in [2.24, 2.45) is 0 Å². The average molecular weight is 415 g/mol. The van der Waals surface area contributed by atoms with Crippen LogP contribution in [0.4, 0.5) is 0 Å². The topological polar surface area (TPSA) is 27.7 Å². The van der Waals surface area contributed by atoms with Crippen molar-refractivity contribution in [2.75, 3.05) is 6.79 Å². The molecule has 1 aliphatic rings. The molecule has 1 unspecified atom stereocenters. The van der Waals surface area contributed by atoms with Crippen molar-refractivity contribution in [3.63, 3.8) is 0 Å². The highest BCUT2D eigenvalue weighted by molar-refractivity contribution is 5.47. The van der Waals surface area contributed by atoms with Crippen LogP contribution in [0.2, 0.25) is 0 Å². The van der Waals surface area contributed by atoms with E-state index in [1.54, 1.807) is 0 Å². The van der Waals surface area contributed by atoms with Crippen molar-refractivity contribution in [3.8, 4) is 23.0 Å². The number of ether oxygens (including phenoxy) is 3. The molecule has 0 N–H and O–H groups in total. The lowest BCUT2D eigenvalue weighted by molar-refractivity contribution is 0.174. The Labute approximate surface area is 185 Å². The Morgan fingerprint density at radius 2 is 1.71 bits per heavy atom. The summed E-state index contributed by atoms with van der Waals surface area (Å²) in [6.45, 7) is 6.75. The van der Waals surface area contributed by atoms with Crippen molar-refractivity contribution in [1.29, 1.82) is 0 Å². The number of benzene rings is 3. The molecule has 4 rings (SSSR count). The van der Waals surface area contributed by atoms with Gasteiger partial charge >= 0.3 is 0 Å². The molecular weight excluding hydrogens is 384 g/mol. The summed E-state index contributed by atoms with van der Waals surface area (Å²) in [4.78, 5) is 0. The van der Waals surface area contributed by atoms with E-state index < -0.39 is 0 Å². The quantitative estimate of drug-likeness (QED) is 0.322. The van der Waals surface area contributed by atoms with Gasteiger partial charge in [-0.15, -0.1) is 6.58 Å². The Morgan fingerprint density at radius 1 is 0.903 bits per heavy atom. The van der Waals surface area contributed by atoms with Crippen molar-refractivity contribution < 1.29 is 14.2 Å². The summed E-state index contributed by atoms with van der Waals surface area (Å²) in [6, 6.07) is 24.6. The van der Waals surface area contributed by atoms with Crippen molar-refractivity contribution in [3.05, 3.63) is 96.6 Å². The van der Waals surface area contributed by atoms with Gasteiger partial charge in [0.25, 0.3) is 0 Å². The van der Waals surface area contributed by atoms with Crippen LogP contribution in [-0.2, 0) is 11.8 Å². The summed E-state index contributed by atoms with van der Waals surface area (Å²) in [5, 5.41) is 0. The zero-order valence-corrected chi connectivity index (χ0v) is 18.2. The van der Waals surface area contributed by atoms with Gasteiger partial charge in [0, 0.05) is 5.41 Å². The Hall–Kier alpha value is -3.20. The Balaban J connectivity index is 1.45. The zero-order valence-electron chi connectivity index (χ0n) is 18.2. The standard InChI is InChI=1S/C28H30O3/c1-3-17-28(4-2,23-15-16-26-27(20-23)30-21-29-26)18-9-11-22-10-8-14-25(19-22)31-24-12-6-5-7-13-24/h4-8,10,12-16,19-20H,2-3,9,11,17-18,21H2,1H3. The number of para-hydroxylation sites is 1. The molecule has 160 valence electrons. The number of fused-ring (bicyclic) bond motifs is 1. The lowest BCUT2D eigenvalue weighted by Crippen LogP contribution is -2.23. The van der Waals surface area contributed by atoms with E-state index in [0.717, 1.165) is 55.1 Å². The van der Waals surface area contributed by atoms with E-state index in [1.807, 2.05) is 42.5 Å². The molecule has 3 nitrogen and oxygen atoms in total. The summed E-state index contributed by atoms with van der Waals surface area (Å²) in [6.07, 6.45) is 7.38. The van der Waals surface area contributed by atoms with Crippen LogP contribution in [0, 0.1) is 0 Å². The first-order chi connectivity index (χ1) is 15.2. The van der Waals surface area contributed by atoms with Crippen LogP contribution >= 0.6 is 0 Å². The van der Waals surface area contributed by atoms with Gasteiger partial charge in [-0.25, -0.2) is 0 Å². The zero-order chi connectivity index (χ0) is 21.5. The highest BCUT2D eigenvalue weighted by Gasteiger charge is 2.29. The van der Waals surface area contributed by atoms with Crippen molar-refractivity contribution in [2.45, 2.75) is 44.4 Å². The van der Waals surface area contributed by atoms with E-state index in [4.69, 9.17) is 14.2 Å². The lowest BCUT2D eigenvalue weighted by Gasteiger charge is -2.31. The molecule has 0 bridgehead atoms. The first-order valence-corrected chi connectivity index (χ1v) is 11.1. The molecule has 0 radical (unpaired) electrons. The molecule has 3 aromatic carbocycles. The van der Waals surface area contributed by atoms with Crippen LogP contribution in [0.5, 0.6) is 23.0 Å². The van der Waals surface area contributed by atoms with Gasteiger partial charge in [0.2, 0.25) is 6.79 Å². The summed E-state index contributed by atoms with van der Waals surface area (Å²) >= 11 is 0. The third-order valence-corrected chi connectivity index (χ3v) is 6.00. The minimum Gasteiger partial charge on any atom is -0.457 e. The second-order valence-corrected chi connectivity index (χ2v) is 8.09. The van der Waals surface area contributed by atoms with Gasteiger partial charge in [-0.3, -0.25) is 0 Å². The van der Waals surface area contributed by atoms with E-state index in [9.17, 15) is 0 Å². The van der Waals surface area contributed by atoms with E-state index in [0.29, 0.717) is 6.79 Å². The SMILES string of the molecule is C=CC(CCC)(CCCc1cccc(Oc2ccccc2)c1)c1ccc2c(c1)OCO2. The molecule has 0 amide bonds. The first-order valence-electron chi connectivity index (χ1n) is 11.1. The molecule has 0 saturated carbocycles. The molecular formula is C28H30O3. The van der Waals surface area contributed by atoms with Gasteiger partial charge in [-0.2, -0.15) is 0 Å². The number of hydrogen-bond acceptors (Lipinski definition) is 3. The maximum atomic E-state index is 6.00. The van der Waals surface area contributed by atoms with Crippen molar-refractivity contribution >= 4 is 0 Å². The number of allylic oxidation sites excluding steroid dienone is 1. The van der Waals surface area contributed by atoms with Gasteiger partial charge in [0.05, 0.1) is 0 Å². The van der Waals surface area contributed by atoms with Gasteiger partial charge in [-0.05, 0) is 73.2 Å². The van der Waals surface area contributed by atoms with Crippen LogP contribution in [0.1, 0.15) is 43.7 Å². The predicted octanol–water partition coefficient (Wildman–Crippen LogP) is 7.45. The molecule has 0 spiro atoms. The molecule has 0 aromatic heterocycles. The highest BCUT2D eigenvalue weighted by Crippen LogP contribution is 2.41. The molecule has 31 heavy (non-hydrogen) atoms. The third kappa shape index (κ3) is 4.93. The van der Waals surface area contributed by atoms with E-state index >= 15 is 0 Å². The van der Waals surface area contributed by atoms with Gasteiger partial charge in [-0.1, -0.05) is 55.8 Å². The Kier molecular flexibility index (Phi) is 6.61. The van der Waals surface area contributed by atoms with Gasteiger partial charge < -0.3 is 14.2 Å². The molecule has 0 fully saturated rings. The smallest absolute Gasteiger partial charge is 0.231 e. The third-order valence-electron chi connectivity index (χ3n) is 6.00. The Morgan fingerprint density at radius 3 is 2.52 bits per heavy atom. The molecule has 3 heteroatoms.